The predicted molar refractivity (Wildman–Crippen MR) is 98.2 cm³/mol. The number of nitrogens with zero attached hydrogens (tertiary/aromatic N) is 1. The van der Waals surface area contributed by atoms with Crippen LogP contribution in [0.2, 0.25) is 5.02 Å². The normalized spacial score (nSPS) is 10.5. The minimum Gasteiger partial charge on any atom is -0.293 e. The van der Waals surface area contributed by atoms with E-state index >= 15 is 0 Å². The van der Waals surface area contributed by atoms with E-state index in [1.54, 1.807) is 0 Å². The van der Waals surface area contributed by atoms with Crippen LogP contribution in [-0.2, 0) is 0 Å². The lowest BCUT2D eigenvalue weighted by Gasteiger charge is -2.09. The molecule has 3 aromatic rings. The highest BCUT2D eigenvalue weighted by Crippen LogP contribution is 2.26. The Labute approximate surface area is 148 Å². The lowest BCUT2D eigenvalue weighted by Crippen LogP contribution is -2.02. The molecule has 0 fully saturated rings. The van der Waals surface area contributed by atoms with Crippen LogP contribution in [0, 0.1) is 0 Å². The number of carbonyl (C=O) groups is 1. The smallest absolute Gasteiger partial charge is 0.173 e. The van der Waals surface area contributed by atoms with Crippen LogP contribution in [0.1, 0.15) is 10.4 Å². The Morgan fingerprint density at radius 3 is 2.04 bits per heavy atom. The largest absolute Gasteiger partial charge is 0.293 e. The van der Waals surface area contributed by atoms with E-state index in [-0.39, 0.29) is 11.1 Å². The van der Waals surface area contributed by atoms with E-state index in [0.29, 0.717) is 10.6 Å². The van der Waals surface area contributed by atoms with Gasteiger partial charge in [0.15, 0.2) is 5.78 Å². The van der Waals surface area contributed by atoms with Crippen molar-refractivity contribution in [3.63, 3.8) is 0 Å². The summed E-state index contributed by atoms with van der Waals surface area (Å²) in [6, 6.07) is 20.9. The first-order valence-corrected chi connectivity index (χ1v) is 8.60. The van der Waals surface area contributed by atoms with E-state index in [1.165, 1.54) is 0 Å². The predicted octanol–water partition coefficient (Wildman–Crippen LogP) is 5.65. The average Bonchev–Trinajstić information content (AvgIpc) is 2.62. The second-order valence-corrected chi connectivity index (χ2v) is 6.05. The molecule has 2 aromatic carbocycles. The van der Waals surface area contributed by atoms with Gasteiger partial charge in [-0.1, -0.05) is 70.0 Å². The van der Waals surface area contributed by atoms with Crippen LogP contribution in [-0.4, -0.2) is 16.1 Å². The number of hydrogen-bond donors (Lipinski definition) is 0. The van der Waals surface area contributed by atoms with Gasteiger partial charge in [-0.2, -0.15) is 0 Å². The van der Waals surface area contributed by atoms with Gasteiger partial charge in [0.2, 0.25) is 0 Å². The van der Waals surface area contributed by atoms with E-state index in [9.17, 15) is 4.79 Å². The van der Waals surface area contributed by atoms with Crippen molar-refractivity contribution in [2.75, 3.05) is 5.33 Å². The first-order chi connectivity index (χ1) is 11.2. The number of carbonyl (C=O) groups excluding carboxylic acids is 1. The molecule has 0 spiro atoms. The molecule has 0 amide bonds. The molecule has 1 aromatic heterocycles. The summed E-state index contributed by atoms with van der Waals surface area (Å²) in [7, 11) is 0. The van der Waals surface area contributed by atoms with Crippen LogP contribution >= 0.6 is 27.5 Å². The summed E-state index contributed by atoms with van der Waals surface area (Å²) >= 11 is 9.18. The SMILES string of the molecule is O=C(CBr)c1cc(-c2ccccc2)nc(-c2ccc(Cl)cc2)c1. The molecule has 2 nitrogen and oxygen atoms in total. The van der Waals surface area contributed by atoms with Crippen LogP contribution in [0.5, 0.6) is 0 Å². The highest BCUT2D eigenvalue weighted by atomic mass is 79.9. The molecule has 4 heteroatoms. The lowest BCUT2D eigenvalue weighted by atomic mass is 10.0. The molecule has 0 N–H and O–H groups in total. The van der Waals surface area contributed by atoms with E-state index in [2.05, 4.69) is 15.9 Å². The maximum atomic E-state index is 12.1. The van der Waals surface area contributed by atoms with Crippen molar-refractivity contribution in [3.05, 3.63) is 77.3 Å². The topological polar surface area (TPSA) is 30.0 Å². The van der Waals surface area contributed by atoms with Crippen LogP contribution < -0.4 is 0 Å². The number of alkyl halides is 1. The molecular weight excluding hydrogens is 374 g/mol. The van der Waals surface area contributed by atoms with Gasteiger partial charge in [0.1, 0.15) is 0 Å². The molecule has 0 unspecified atom stereocenters. The van der Waals surface area contributed by atoms with E-state index in [1.807, 2.05) is 66.7 Å². The molecule has 114 valence electrons. The highest BCUT2D eigenvalue weighted by Gasteiger charge is 2.11. The first kappa shape index (κ1) is 15.9. The van der Waals surface area contributed by atoms with E-state index < -0.39 is 0 Å². The Hall–Kier alpha value is -1.97. The third-order valence-electron chi connectivity index (χ3n) is 3.48. The Bertz CT molecular complexity index is 832. The number of aromatic nitrogens is 1. The molecule has 0 atom stereocenters. The molecular formula is C19H13BrClNO. The third kappa shape index (κ3) is 3.69. The van der Waals surface area contributed by atoms with Crippen molar-refractivity contribution in [1.29, 1.82) is 0 Å². The third-order valence-corrected chi connectivity index (χ3v) is 4.24. The van der Waals surface area contributed by atoms with Gasteiger partial charge in [-0.3, -0.25) is 4.79 Å². The van der Waals surface area contributed by atoms with E-state index in [4.69, 9.17) is 16.6 Å². The maximum absolute atomic E-state index is 12.1. The molecule has 0 aliphatic rings. The zero-order valence-electron chi connectivity index (χ0n) is 12.2. The molecule has 3 rings (SSSR count). The van der Waals surface area contributed by atoms with E-state index in [0.717, 1.165) is 22.5 Å². The zero-order valence-corrected chi connectivity index (χ0v) is 14.5. The van der Waals surface area contributed by atoms with Crippen molar-refractivity contribution < 1.29 is 4.79 Å². The fourth-order valence-electron chi connectivity index (χ4n) is 2.29. The monoisotopic (exact) mass is 385 g/mol. The van der Waals surface area contributed by atoms with Gasteiger partial charge in [0.25, 0.3) is 0 Å². The summed E-state index contributed by atoms with van der Waals surface area (Å²) in [6.07, 6.45) is 0. The zero-order chi connectivity index (χ0) is 16.2. The van der Waals surface area contributed by atoms with Gasteiger partial charge in [-0.15, -0.1) is 0 Å². The maximum Gasteiger partial charge on any atom is 0.173 e. The number of benzene rings is 2. The first-order valence-electron chi connectivity index (χ1n) is 7.10. The average molecular weight is 387 g/mol. The second kappa shape index (κ2) is 7.07. The fourth-order valence-corrected chi connectivity index (χ4v) is 2.74. The lowest BCUT2D eigenvalue weighted by molar-refractivity contribution is 0.102. The Kier molecular flexibility index (Phi) is 4.89. The highest BCUT2D eigenvalue weighted by molar-refractivity contribution is 9.09. The van der Waals surface area contributed by atoms with Crippen LogP contribution in [0.25, 0.3) is 22.5 Å². The number of Topliss-reactive ketones (excluding diaryl/α,β-unsaturated/α-hetero) is 1. The number of ketones is 1. The van der Waals surface area contributed by atoms with Gasteiger partial charge < -0.3 is 0 Å². The Balaban J connectivity index is 2.15. The molecule has 23 heavy (non-hydrogen) atoms. The Morgan fingerprint density at radius 2 is 1.48 bits per heavy atom. The van der Waals surface area contributed by atoms with Crippen LogP contribution in [0.4, 0.5) is 0 Å². The van der Waals surface area contributed by atoms with Crippen LogP contribution in [0.15, 0.2) is 66.7 Å². The van der Waals surface area contributed by atoms with Gasteiger partial charge in [0.05, 0.1) is 16.7 Å². The molecule has 1 heterocycles. The summed E-state index contributed by atoms with van der Waals surface area (Å²) in [5.74, 6) is 0.0276. The van der Waals surface area contributed by atoms with Gasteiger partial charge in [-0.25, -0.2) is 4.98 Å². The Morgan fingerprint density at radius 1 is 0.913 bits per heavy atom. The molecule has 0 aliphatic heterocycles. The molecule has 0 bridgehead atoms. The number of rotatable bonds is 4. The second-order valence-electron chi connectivity index (χ2n) is 5.06. The molecule has 0 saturated heterocycles. The summed E-state index contributed by atoms with van der Waals surface area (Å²) in [5.41, 5.74) is 4.08. The minimum absolute atomic E-state index is 0.0276. The molecule has 0 saturated carbocycles. The fraction of sp³-hybridized carbons (Fsp3) is 0.0526. The van der Waals surface area contributed by atoms with Gasteiger partial charge in [0, 0.05) is 21.7 Å². The quantitative estimate of drug-likeness (QED) is 0.428. The van der Waals surface area contributed by atoms with Crippen molar-refractivity contribution in [2.45, 2.75) is 0 Å². The standard InChI is InChI=1S/C19H13BrClNO/c20-12-19(23)15-10-17(13-4-2-1-3-5-13)22-18(11-15)14-6-8-16(21)9-7-14/h1-11H,12H2. The van der Waals surface area contributed by atoms with Gasteiger partial charge in [-0.05, 0) is 24.3 Å². The summed E-state index contributed by atoms with van der Waals surface area (Å²) in [4.78, 5) is 16.8. The van der Waals surface area contributed by atoms with Crippen molar-refractivity contribution in [3.8, 4) is 22.5 Å². The summed E-state index contributed by atoms with van der Waals surface area (Å²) in [6.45, 7) is 0. The van der Waals surface area contributed by atoms with Crippen molar-refractivity contribution in [1.82, 2.24) is 4.98 Å². The van der Waals surface area contributed by atoms with Crippen molar-refractivity contribution in [2.24, 2.45) is 0 Å². The number of halogens is 2. The van der Waals surface area contributed by atoms with Gasteiger partial charge >= 0.3 is 0 Å². The minimum atomic E-state index is 0.0276. The molecule has 0 radical (unpaired) electrons. The summed E-state index contributed by atoms with van der Waals surface area (Å²) in [5, 5.41) is 0.954. The van der Waals surface area contributed by atoms with Crippen LogP contribution in [0.3, 0.4) is 0 Å². The number of hydrogen-bond acceptors (Lipinski definition) is 2. The number of pyridine rings is 1. The molecule has 0 aliphatic carbocycles. The summed E-state index contributed by atoms with van der Waals surface area (Å²) < 4.78 is 0. The van der Waals surface area contributed by atoms with Crippen molar-refractivity contribution >= 4 is 33.3 Å².